The number of amides is 1. The van der Waals surface area contributed by atoms with Crippen LogP contribution in [0.5, 0.6) is 10.9 Å². The summed E-state index contributed by atoms with van der Waals surface area (Å²) in [7, 11) is 1.53. The van der Waals surface area contributed by atoms with Crippen molar-refractivity contribution < 1.29 is 19.0 Å². The number of halogens is 1. The van der Waals surface area contributed by atoms with E-state index in [0.717, 1.165) is 23.5 Å². The Morgan fingerprint density at radius 1 is 1.27 bits per heavy atom. The number of methoxy groups -OCH3 is 1. The molecule has 33 heavy (non-hydrogen) atoms. The number of nitrogens with zero attached hydrogens (tertiary/aromatic N) is 4. The van der Waals surface area contributed by atoms with Gasteiger partial charge in [0.05, 0.1) is 37.7 Å². The Kier molecular flexibility index (Phi) is 6.78. The minimum absolute atomic E-state index is 0.129. The highest BCUT2D eigenvalue weighted by atomic mass is 35.5. The minimum Gasteiger partial charge on any atom is -0.494 e. The highest BCUT2D eigenvalue weighted by Crippen LogP contribution is 2.35. The molecule has 1 aliphatic rings. The molecule has 0 aromatic carbocycles. The van der Waals surface area contributed by atoms with Crippen molar-refractivity contribution in [2.75, 3.05) is 25.6 Å². The molecule has 0 aliphatic carbocycles. The van der Waals surface area contributed by atoms with Crippen LogP contribution in [0.25, 0.3) is 11.1 Å². The van der Waals surface area contributed by atoms with Crippen molar-refractivity contribution in [3.63, 3.8) is 0 Å². The van der Waals surface area contributed by atoms with Gasteiger partial charge in [-0.25, -0.2) is 4.98 Å². The molecule has 4 heterocycles. The summed E-state index contributed by atoms with van der Waals surface area (Å²) in [4.78, 5) is 21.4. The lowest BCUT2D eigenvalue weighted by molar-refractivity contribution is 0.0341. The van der Waals surface area contributed by atoms with E-state index in [0.29, 0.717) is 51.9 Å². The van der Waals surface area contributed by atoms with Crippen LogP contribution >= 0.6 is 22.9 Å². The lowest BCUT2D eigenvalue weighted by Gasteiger charge is -2.15. The highest BCUT2D eigenvalue weighted by molar-refractivity contribution is 7.17. The van der Waals surface area contributed by atoms with E-state index in [1.165, 1.54) is 19.5 Å². The monoisotopic (exact) mass is 489 g/mol. The molecule has 9 nitrogen and oxygen atoms in total. The van der Waals surface area contributed by atoms with Crippen molar-refractivity contribution in [3.8, 4) is 22.1 Å². The fraction of sp³-hybridized carbons (Fsp3) is 0.409. The number of carbonyl (C=O) groups excluding carboxylic acids is 1. The molecule has 0 saturated carbocycles. The fourth-order valence-electron chi connectivity index (χ4n) is 3.69. The van der Waals surface area contributed by atoms with Crippen molar-refractivity contribution in [1.29, 1.82) is 0 Å². The van der Waals surface area contributed by atoms with Gasteiger partial charge in [0.15, 0.2) is 0 Å². The summed E-state index contributed by atoms with van der Waals surface area (Å²) in [5.74, 6) is 0.399. The van der Waals surface area contributed by atoms with E-state index in [9.17, 15) is 4.79 Å². The predicted octanol–water partition coefficient (Wildman–Crippen LogP) is 4.41. The molecule has 1 fully saturated rings. The molecule has 1 aliphatic heterocycles. The summed E-state index contributed by atoms with van der Waals surface area (Å²) in [5.41, 5.74) is 2.20. The van der Waals surface area contributed by atoms with Gasteiger partial charge in [-0.15, -0.1) is 5.10 Å². The van der Waals surface area contributed by atoms with Crippen LogP contribution in [0.3, 0.4) is 0 Å². The Hall–Kier alpha value is -2.82. The van der Waals surface area contributed by atoms with E-state index in [1.54, 1.807) is 12.1 Å². The number of pyridine rings is 2. The number of hydrogen-bond acceptors (Lipinski definition) is 9. The quantitative estimate of drug-likeness (QED) is 0.486. The second-order valence-electron chi connectivity index (χ2n) is 8.36. The van der Waals surface area contributed by atoms with Crippen LogP contribution in [0.1, 0.15) is 36.3 Å². The first-order chi connectivity index (χ1) is 15.7. The van der Waals surface area contributed by atoms with Gasteiger partial charge in [0.2, 0.25) is 5.13 Å². The van der Waals surface area contributed by atoms with Gasteiger partial charge in [0.25, 0.3) is 11.1 Å². The largest absolute Gasteiger partial charge is 0.494 e. The van der Waals surface area contributed by atoms with Crippen LogP contribution in [0.4, 0.5) is 5.13 Å². The number of aromatic nitrogens is 4. The van der Waals surface area contributed by atoms with E-state index in [1.807, 2.05) is 6.92 Å². The smallest absolute Gasteiger partial charge is 0.295 e. The Labute approximate surface area is 200 Å². The Balaban J connectivity index is 1.49. The Morgan fingerprint density at radius 2 is 2.09 bits per heavy atom. The zero-order valence-corrected chi connectivity index (χ0v) is 20.3. The zero-order chi connectivity index (χ0) is 23.6. The van der Waals surface area contributed by atoms with Gasteiger partial charge in [-0.05, 0) is 50.7 Å². The van der Waals surface area contributed by atoms with E-state index < -0.39 is 0 Å². The standard InChI is InChI=1S/C22H24ClN5O4S/c1-12-5-14(15-6-18(23)25-9-17(15)30-4)16(8-24-12)19(29)26-20-27-28-21(33-20)31-10-13-7-22(2,3)32-11-13/h5-6,8-9,13H,7,10-11H2,1-4H3,(H,26,27,29)/t13-/m1/s1. The Morgan fingerprint density at radius 3 is 2.82 bits per heavy atom. The molecule has 0 bridgehead atoms. The second-order valence-corrected chi connectivity index (χ2v) is 9.68. The van der Waals surface area contributed by atoms with Crippen LogP contribution in [0, 0.1) is 12.8 Å². The van der Waals surface area contributed by atoms with Crippen molar-refractivity contribution >= 4 is 34.0 Å². The van der Waals surface area contributed by atoms with Gasteiger partial charge < -0.3 is 14.2 Å². The molecule has 4 rings (SSSR count). The van der Waals surface area contributed by atoms with Gasteiger partial charge in [-0.2, -0.15) is 0 Å². The third-order valence-electron chi connectivity index (χ3n) is 5.19. The van der Waals surface area contributed by atoms with Crippen molar-refractivity contribution in [2.24, 2.45) is 5.92 Å². The normalized spacial score (nSPS) is 17.1. The van der Waals surface area contributed by atoms with Crippen molar-refractivity contribution in [1.82, 2.24) is 20.2 Å². The molecule has 174 valence electrons. The summed E-state index contributed by atoms with van der Waals surface area (Å²) < 4.78 is 16.9. The molecule has 1 atom stereocenters. The summed E-state index contributed by atoms with van der Waals surface area (Å²) in [6.07, 6.45) is 3.94. The van der Waals surface area contributed by atoms with Gasteiger partial charge in [0.1, 0.15) is 10.9 Å². The third-order valence-corrected chi connectivity index (χ3v) is 6.15. The first kappa shape index (κ1) is 23.3. The molecule has 1 saturated heterocycles. The number of hydrogen-bond donors (Lipinski definition) is 1. The maximum atomic E-state index is 13.1. The van der Waals surface area contributed by atoms with Gasteiger partial charge in [0, 0.05) is 28.9 Å². The number of aryl methyl sites for hydroxylation is 1. The lowest BCUT2D eigenvalue weighted by Crippen LogP contribution is -2.18. The van der Waals surface area contributed by atoms with E-state index in [-0.39, 0.29) is 16.7 Å². The zero-order valence-electron chi connectivity index (χ0n) is 18.7. The first-order valence-electron chi connectivity index (χ1n) is 10.3. The van der Waals surface area contributed by atoms with Gasteiger partial charge in [-0.3, -0.25) is 15.1 Å². The number of carbonyl (C=O) groups is 1. The van der Waals surface area contributed by atoms with Gasteiger partial charge in [-0.1, -0.05) is 16.7 Å². The number of ether oxygens (including phenoxy) is 3. The molecule has 3 aromatic heterocycles. The molecule has 11 heteroatoms. The van der Waals surface area contributed by atoms with Gasteiger partial charge >= 0.3 is 0 Å². The molecule has 1 N–H and O–H groups in total. The molecule has 1 amide bonds. The van der Waals surface area contributed by atoms with Crippen molar-refractivity contribution in [2.45, 2.75) is 32.8 Å². The first-order valence-corrected chi connectivity index (χ1v) is 11.5. The summed E-state index contributed by atoms with van der Waals surface area (Å²) in [6, 6.07) is 3.44. The molecular weight excluding hydrogens is 466 g/mol. The maximum absolute atomic E-state index is 13.1. The second kappa shape index (κ2) is 9.58. The third kappa shape index (κ3) is 5.58. The Bertz CT molecular complexity index is 1170. The van der Waals surface area contributed by atoms with E-state index >= 15 is 0 Å². The lowest BCUT2D eigenvalue weighted by atomic mass is 9.99. The number of rotatable bonds is 7. The molecule has 3 aromatic rings. The average Bonchev–Trinajstić information content (AvgIpc) is 3.37. The van der Waals surface area contributed by atoms with Crippen LogP contribution in [0.2, 0.25) is 5.15 Å². The van der Waals surface area contributed by atoms with Crippen molar-refractivity contribution in [3.05, 3.63) is 40.9 Å². The van der Waals surface area contributed by atoms with E-state index in [2.05, 4.69) is 39.3 Å². The molecule has 0 unspecified atom stereocenters. The maximum Gasteiger partial charge on any atom is 0.295 e. The summed E-state index contributed by atoms with van der Waals surface area (Å²) in [6.45, 7) is 7.11. The van der Waals surface area contributed by atoms with Crippen LogP contribution in [-0.2, 0) is 4.74 Å². The van der Waals surface area contributed by atoms with Crippen LogP contribution < -0.4 is 14.8 Å². The fourth-order valence-corrected chi connectivity index (χ4v) is 4.45. The number of anilines is 1. The average molecular weight is 490 g/mol. The van der Waals surface area contributed by atoms with E-state index in [4.69, 9.17) is 25.8 Å². The predicted molar refractivity (Wildman–Crippen MR) is 125 cm³/mol. The summed E-state index contributed by atoms with van der Waals surface area (Å²) >= 11 is 7.26. The van der Waals surface area contributed by atoms with Crippen LogP contribution in [-0.4, -0.2) is 52.0 Å². The topological polar surface area (TPSA) is 108 Å². The molecular formula is C22H24ClN5O4S. The molecule has 0 spiro atoms. The molecule has 0 radical (unpaired) electrons. The highest BCUT2D eigenvalue weighted by Gasteiger charge is 2.32. The van der Waals surface area contributed by atoms with Crippen LogP contribution in [0.15, 0.2) is 24.5 Å². The number of nitrogens with one attached hydrogen (secondary N) is 1. The summed E-state index contributed by atoms with van der Waals surface area (Å²) in [5, 5.41) is 11.8. The minimum atomic E-state index is -0.388. The SMILES string of the molecule is COc1cnc(Cl)cc1-c1cc(C)ncc1C(=O)Nc1nnc(OC[C@@H]2COC(C)(C)C2)s1.